The van der Waals surface area contributed by atoms with E-state index >= 15 is 0 Å². The first-order valence-corrected chi connectivity index (χ1v) is 31.9. The van der Waals surface area contributed by atoms with Gasteiger partial charge in [0, 0.05) is 92.4 Å². The number of carboxylic acid groups (broad SMARTS) is 4. The number of aliphatic carboxylic acids is 4. The van der Waals surface area contributed by atoms with Crippen molar-refractivity contribution in [1.29, 1.82) is 0 Å². The summed E-state index contributed by atoms with van der Waals surface area (Å²) < 4.78 is 36.2. The van der Waals surface area contributed by atoms with Gasteiger partial charge in [0.1, 0.15) is 71.1 Å². The van der Waals surface area contributed by atoms with E-state index < -0.39 is 118 Å². The Morgan fingerprint density at radius 2 is 0.510 bits per heavy atom. The quantitative estimate of drug-likeness (QED) is 0.0267. The number of carbonyl (C=O) groups is 6. The first kappa shape index (κ1) is 75.6. The highest BCUT2D eigenvalue weighted by Gasteiger charge is 2.37. The maximum atomic E-state index is 12.6. The molecule has 0 amide bonds. The average molecular weight is 1380 g/mol. The van der Waals surface area contributed by atoms with E-state index in [2.05, 4.69) is 0 Å². The molecule has 0 spiro atoms. The Labute approximate surface area is 575 Å². The predicted octanol–water partition coefficient (Wildman–Crippen LogP) is 12.4. The second kappa shape index (κ2) is 33.0. The molecule has 0 heterocycles. The molecule has 0 saturated carbocycles. The van der Waals surface area contributed by atoms with Gasteiger partial charge in [0.15, 0.2) is 47.4 Å². The van der Waals surface area contributed by atoms with Gasteiger partial charge in [0.2, 0.25) is 0 Å². The van der Waals surface area contributed by atoms with Crippen LogP contribution in [0.4, 0.5) is 0 Å². The highest BCUT2D eigenvalue weighted by molar-refractivity contribution is 5.75. The summed E-state index contributed by atoms with van der Waals surface area (Å²) in [6, 6.07) is 28.3. The van der Waals surface area contributed by atoms with Crippen LogP contribution in [0.3, 0.4) is 0 Å². The maximum absolute atomic E-state index is 12.6. The van der Waals surface area contributed by atoms with Crippen LogP contribution in [0.1, 0.15) is 169 Å². The van der Waals surface area contributed by atoms with Crippen molar-refractivity contribution in [2.45, 2.75) is 129 Å². The van der Waals surface area contributed by atoms with Crippen molar-refractivity contribution in [2.75, 3.05) is 13.2 Å². The van der Waals surface area contributed by atoms with E-state index in [0.29, 0.717) is 22.3 Å². The van der Waals surface area contributed by atoms with Gasteiger partial charge in [-0.25, -0.2) is 19.2 Å². The van der Waals surface area contributed by atoms with Crippen LogP contribution >= 0.6 is 0 Å². The van der Waals surface area contributed by atoms with E-state index in [1.54, 1.807) is 79.7 Å². The number of fused-ring (bicyclic) bond motifs is 8. The van der Waals surface area contributed by atoms with Crippen LogP contribution in [-0.2, 0) is 28.8 Å². The standard InChI is InChI=1S/C74H76O22.2CH2O/c1-9-57(71(83)84)93-61-19-15-37(23-35(61)7)67-41-27-42(50(76)31-49(41)75)68(38-16-20-62(36(8)24-38)94-58(10-2)72(85)86)44-29-46(54(80)33-52(44)78)70(40-18-22-64(66(26-40)92-14-6)96-60(12-4)74(89)90)48-30-47(55(81)34-56(48)82)69(45-28-43(67)51(77)32-53(45)79)39-17-21-63(65(25-39)91-13-5)95-59(11-3)73(87)88;2*1-2/h15-34,57-60,67-70,75-82H,9-14H2,1-8H3,(H,83,84)(H,85,86)(H,87,88)(H,89,90);2*1H2. The average Bonchev–Trinajstić information content (AvgIpc) is 0.742. The Kier molecular flexibility index (Phi) is 24.9. The van der Waals surface area contributed by atoms with Crippen molar-refractivity contribution in [3.63, 3.8) is 0 Å². The molecule has 100 heavy (non-hydrogen) atoms. The van der Waals surface area contributed by atoms with E-state index in [1.807, 2.05) is 13.6 Å². The lowest BCUT2D eigenvalue weighted by molar-refractivity contribution is -0.146. The molecule has 0 aromatic heterocycles. The summed E-state index contributed by atoms with van der Waals surface area (Å²) in [7, 11) is 0. The molecule has 1 aliphatic carbocycles. The second-order valence-corrected chi connectivity index (χ2v) is 23.4. The zero-order valence-corrected chi connectivity index (χ0v) is 56.1. The molecule has 12 N–H and O–H groups in total. The van der Waals surface area contributed by atoms with Gasteiger partial charge in [-0.3, -0.25) is 0 Å². The summed E-state index contributed by atoms with van der Waals surface area (Å²) in [5.74, 6) is -14.6. The molecule has 24 heteroatoms. The Morgan fingerprint density at radius 3 is 0.700 bits per heavy atom. The second-order valence-electron chi connectivity index (χ2n) is 23.4. The number of rotatable bonds is 24. The SMILES string of the molecule is C=O.C=O.CCOc1cc(C2c3cc(c(O)cc3O)C(c3ccc(OC(CC)C(=O)O)c(C)c3)c3cc(c(O)cc3O)C(c3ccc(OC(CC)C(=O)O)c(C)c3)c3cc(c(O)cc3O)C(c3ccc(OC(CC)C(=O)O)c(OCC)c3)c3cc2c(O)cc3O)ccc1OC(CC)C(=O)O. The summed E-state index contributed by atoms with van der Waals surface area (Å²) in [4.78, 5) is 65.3. The van der Waals surface area contributed by atoms with Gasteiger partial charge in [-0.05, 0) is 147 Å². The van der Waals surface area contributed by atoms with Crippen LogP contribution in [0.2, 0.25) is 0 Å². The highest BCUT2D eigenvalue weighted by atomic mass is 16.6. The van der Waals surface area contributed by atoms with E-state index in [4.69, 9.17) is 38.0 Å². The van der Waals surface area contributed by atoms with Crippen molar-refractivity contribution in [3.8, 4) is 80.5 Å². The van der Waals surface area contributed by atoms with Crippen molar-refractivity contribution < 1.29 is 118 Å². The van der Waals surface area contributed by atoms with Crippen LogP contribution in [-0.4, -0.2) is 136 Å². The topological polar surface area (TPSA) is 401 Å². The molecule has 8 aromatic rings. The van der Waals surface area contributed by atoms with Gasteiger partial charge >= 0.3 is 23.9 Å². The third-order valence-electron chi connectivity index (χ3n) is 17.1. The lowest BCUT2D eigenvalue weighted by Gasteiger charge is -2.30. The molecule has 0 radical (unpaired) electrons. The molecular weight excluding hydrogens is 1300 g/mol. The van der Waals surface area contributed by atoms with Crippen LogP contribution < -0.4 is 28.4 Å². The van der Waals surface area contributed by atoms with Crippen molar-refractivity contribution >= 4 is 37.5 Å². The van der Waals surface area contributed by atoms with E-state index in [-0.39, 0.29) is 129 Å². The number of carbonyl (C=O) groups excluding carboxylic acids is 2. The fourth-order valence-corrected chi connectivity index (χ4v) is 12.4. The number of phenolic OH excluding ortho intramolecular Hbond substituents is 8. The zero-order chi connectivity index (χ0) is 73.7. The van der Waals surface area contributed by atoms with Crippen molar-refractivity contribution in [2.24, 2.45) is 0 Å². The molecule has 8 aromatic carbocycles. The number of hydrogen-bond acceptors (Lipinski definition) is 20. The molecule has 24 nitrogen and oxygen atoms in total. The molecule has 8 atom stereocenters. The number of hydrogen-bond donors (Lipinski definition) is 12. The highest BCUT2D eigenvalue weighted by Crippen LogP contribution is 2.55. The molecule has 0 fully saturated rings. The lowest BCUT2D eigenvalue weighted by atomic mass is 9.75. The number of carboxylic acids is 4. The number of phenols is 8. The monoisotopic (exact) mass is 1380 g/mol. The normalized spacial score (nSPS) is 15.7. The minimum atomic E-state index is -1.42. The molecule has 8 bridgehead atoms. The summed E-state index contributed by atoms with van der Waals surface area (Å²) in [6.45, 7) is 17.3. The first-order chi connectivity index (χ1) is 47.7. The first-order valence-electron chi connectivity index (χ1n) is 31.9. The molecule has 0 saturated heterocycles. The third-order valence-corrected chi connectivity index (χ3v) is 17.1. The summed E-state index contributed by atoms with van der Waals surface area (Å²) in [6.07, 6.45) is -4.85. The van der Waals surface area contributed by atoms with Gasteiger partial charge in [-0.15, -0.1) is 0 Å². The van der Waals surface area contributed by atoms with Crippen LogP contribution in [0.25, 0.3) is 0 Å². The summed E-state index contributed by atoms with van der Waals surface area (Å²) >= 11 is 0. The van der Waals surface area contributed by atoms with E-state index in [9.17, 15) is 80.5 Å². The van der Waals surface area contributed by atoms with Gasteiger partial charge in [0.25, 0.3) is 0 Å². The lowest BCUT2D eigenvalue weighted by Crippen LogP contribution is -2.26. The Hall–Kier alpha value is -11.8. The summed E-state index contributed by atoms with van der Waals surface area (Å²) in [5, 5.41) is 141. The fourth-order valence-electron chi connectivity index (χ4n) is 12.4. The smallest absolute Gasteiger partial charge is 0.344 e. The van der Waals surface area contributed by atoms with Gasteiger partial charge in [-0.1, -0.05) is 64.1 Å². The maximum Gasteiger partial charge on any atom is 0.344 e. The van der Waals surface area contributed by atoms with Crippen molar-refractivity contribution in [1.82, 2.24) is 0 Å². The van der Waals surface area contributed by atoms with Crippen molar-refractivity contribution in [3.05, 3.63) is 199 Å². The molecule has 9 rings (SSSR count). The number of aromatic hydroxyl groups is 8. The van der Waals surface area contributed by atoms with Gasteiger partial charge in [0.05, 0.1) is 13.2 Å². The molecule has 528 valence electrons. The molecule has 0 aliphatic heterocycles. The zero-order valence-electron chi connectivity index (χ0n) is 56.1. The largest absolute Gasteiger partial charge is 0.507 e. The third kappa shape index (κ3) is 15.9. The number of ether oxygens (including phenoxy) is 6. The Morgan fingerprint density at radius 1 is 0.310 bits per heavy atom. The Balaban J connectivity index is 0.00000345. The molecule has 8 unspecified atom stereocenters. The number of benzene rings is 8. The predicted molar refractivity (Wildman–Crippen MR) is 364 cm³/mol. The van der Waals surface area contributed by atoms with Gasteiger partial charge in [-0.2, -0.15) is 0 Å². The van der Waals surface area contributed by atoms with Crippen LogP contribution in [0.15, 0.2) is 121 Å². The minimum absolute atomic E-state index is 0.00949. The van der Waals surface area contributed by atoms with Gasteiger partial charge < -0.3 is 99.3 Å². The molecular formula is C76H80O24. The Bertz CT molecular complexity index is 4050. The summed E-state index contributed by atoms with van der Waals surface area (Å²) in [5.41, 5.74) is 1.52. The molecule has 1 aliphatic rings. The van der Waals surface area contributed by atoms with Crippen LogP contribution in [0.5, 0.6) is 80.5 Å². The fraction of sp³-hybridized carbons (Fsp3) is 0.289. The van der Waals surface area contributed by atoms with E-state index in [0.717, 1.165) is 24.3 Å². The number of aryl methyl sites for hydroxylation is 2. The van der Waals surface area contributed by atoms with E-state index in [1.165, 1.54) is 72.8 Å². The van der Waals surface area contributed by atoms with Crippen LogP contribution in [0, 0.1) is 13.8 Å². The minimum Gasteiger partial charge on any atom is -0.507 e.